The largest absolute Gasteiger partial charge is 0.459 e. The van der Waals surface area contributed by atoms with E-state index in [9.17, 15) is 19.7 Å². The van der Waals surface area contributed by atoms with Crippen molar-refractivity contribution in [2.45, 2.75) is 59.2 Å². The Labute approximate surface area is 244 Å². The number of carbonyl (C=O) groups excluding carboxylic acids is 2. The molecule has 2 fully saturated rings. The normalized spacial score (nSPS) is 23.6. The van der Waals surface area contributed by atoms with Crippen molar-refractivity contribution in [1.82, 2.24) is 19.6 Å². The summed E-state index contributed by atoms with van der Waals surface area (Å²) in [7, 11) is 0. The summed E-state index contributed by atoms with van der Waals surface area (Å²) in [6.07, 6.45) is 0.828. The second-order valence-electron chi connectivity index (χ2n) is 13.3. The van der Waals surface area contributed by atoms with Crippen LogP contribution in [0.15, 0.2) is 24.3 Å². The van der Waals surface area contributed by atoms with Crippen molar-refractivity contribution in [3.63, 3.8) is 0 Å². The Balaban J connectivity index is 1.75. The monoisotopic (exact) mass is 575 g/mol. The van der Waals surface area contributed by atoms with Gasteiger partial charge >= 0.3 is 11.9 Å². The standard InChI is InChI=1S/C30H49N5O6/c1-29(2,3)40-27(36)22-33-15-11-31-13-17-34(23-28(37)41-30(4,5)6)18-14-32(12-16-33)21-25(20-31)19-24-7-9-26(10-8-24)35(38)39/h7-10,25H,11-23H2,1-6H3. The highest BCUT2D eigenvalue weighted by atomic mass is 16.6. The van der Waals surface area contributed by atoms with Crippen LogP contribution < -0.4 is 0 Å². The number of benzene rings is 1. The third-order valence-corrected chi connectivity index (χ3v) is 7.18. The van der Waals surface area contributed by atoms with Crippen molar-refractivity contribution in [3.05, 3.63) is 39.9 Å². The van der Waals surface area contributed by atoms with Gasteiger partial charge < -0.3 is 19.3 Å². The third kappa shape index (κ3) is 12.4. The van der Waals surface area contributed by atoms with Gasteiger partial charge in [-0.15, -0.1) is 0 Å². The average molecular weight is 576 g/mol. The fourth-order valence-electron chi connectivity index (χ4n) is 5.38. The molecule has 0 saturated carbocycles. The van der Waals surface area contributed by atoms with Crippen LogP contribution in [0.1, 0.15) is 47.1 Å². The summed E-state index contributed by atoms with van der Waals surface area (Å²) in [4.78, 5) is 45.2. The van der Waals surface area contributed by atoms with Crippen molar-refractivity contribution in [2.24, 2.45) is 5.92 Å². The fraction of sp³-hybridized carbons (Fsp3) is 0.733. The molecular formula is C30H49N5O6. The zero-order valence-corrected chi connectivity index (χ0v) is 25.8. The number of hydrogen-bond acceptors (Lipinski definition) is 10. The Morgan fingerprint density at radius 2 is 1.15 bits per heavy atom. The number of esters is 2. The topological polar surface area (TPSA) is 109 Å². The molecule has 2 aliphatic rings. The molecule has 0 N–H and O–H groups in total. The Hall–Kier alpha value is -2.60. The van der Waals surface area contributed by atoms with E-state index in [-0.39, 0.29) is 35.6 Å². The van der Waals surface area contributed by atoms with Crippen LogP contribution in [-0.2, 0) is 25.5 Å². The molecule has 0 aliphatic carbocycles. The molecule has 0 spiro atoms. The molecule has 2 aliphatic heterocycles. The van der Waals surface area contributed by atoms with E-state index in [1.165, 1.54) is 0 Å². The molecule has 3 rings (SSSR count). The van der Waals surface area contributed by atoms with Crippen LogP contribution >= 0.6 is 0 Å². The Morgan fingerprint density at radius 1 is 0.756 bits per heavy atom. The molecule has 2 bridgehead atoms. The van der Waals surface area contributed by atoms with Gasteiger partial charge in [0.05, 0.1) is 18.0 Å². The van der Waals surface area contributed by atoms with Crippen molar-refractivity contribution in [1.29, 1.82) is 0 Å². The zero-order chi connectivity index (χ0) is 30.2. The molecule has 11 nitrogen and oxygen atoms in total. The summed E-state index contributed by atoms with van der Waals surface area (Å²) < 4.78 is 11.2. The van der Waals surface area contributed by atoms with Crippen LogP contribution in [0.2, 0.25) is 0 Å². The van der Waals surface area contributed by atoms with Crippen LogP contribution in [0.5, 0.6) is 0 Å². The molecule has 0 aromatic heterocycles. The third-order valence-electron chi connectivity index (χ3n) is 7.18. The van der Waals surface area contributed by atoms with Gasteiger partial charge in [-0.05, 0) is 59.4 Å². The predicted molar refractivity (Wildman–Crippen MR) is 158 cm³/mol. The molecule has 0 unspecified atom stereocenters. The minimum Gasteiger partial charge on any atom is -0.459 e. The molecule has 1 aromatic rings. The van der Waals surface area contributed by atoms with E-state index in [2.05, 4.69) is 19.6 Å². The van der Waals surface area contributed by atoms with Crippen molar-refractivity contribution in [3.8, 4) is 0 Å². The number of fused-ring (bicyclic) bond motifs is 4. The Bertz CT molecular complexity index is 952. The van der Waals surface area contributed by atoms with Crippen LogP contribution in [0.4, 0.5) is 5.69 Å². The molecule has 11 heteroatoms. The summed E-state index contributed by atoms with van der Waals surface area (Å²) in [5, 5.41) is 11.1. The second-order valence-corrected chi connectivity index (χ2v) is 13.3. The number of carbonyl (C=O) groups is 2. The highest BCUT2D eigenvalue weighted by Gasteiger charge is 2.27. The lowest BCUT2D eigenvalue weighted by molar-refractivity contribution is -0.384. The fourth-order valence-corrected chi connectivity index (χ4v) is 5.38. The van der Waals surface area contributed by atoms with Crippen LogP contribution in [0.25, 0.3) is 0 Å². The van der Waals surface area contributed by atoms with E-state index in [0.29, 0.717) is 5.92 Å². The van der Waals surface area contributed by atoms with E-state index in [0.717, 1.165) is 77.4 Å². The maximum Gasteiger partial charge on any atom is 0.320 e. The number of ether oxygens (including phenoxy) is 2. The van der Waals surface area contributed by atoms with Gasteiger partial charge in [-0.25, -0.2) is 0 Å². The number of non-ortho nitro benzene ring substituents is 1. The average Bonchev–Trinajstić information content (AvgIpc) is 2.83. The van der Waals surface area contributed by atoms with Gasteiger partial charge in [-0.3, -0.25) is 29.5 Å². The number of rotatable bonds is 7. The van der Waals surface area contributed by atoms with Crippen LogP contribution in [-0.4, -0.2) is 126 Å². The predicted octanol–water partition coefficient (Wildman–Crippen LogP) is 2.67. The summed E-state index contributed by atoms with van der Waals surface area (Å²) in [5.41, 5.74) is 0.159. The molecule has 0 atom stereocenters. The second kappa shape index (κ2) is 14.5. The minimum absolute atomic E-state index is 0.104. The Kier molecular flexibility index (Phi) is 11.7. The lowest BCUT2D eigenvalue weighted by atomic mass is 9.97. The SMILES string of the molecule is CC(C)(C)OC(=O)CN1CCN2CCN(CC(=O)OC(C)(C)C)CCN(CC1)CC(Cc1ccc([N+](=O)[O-])cc1)C2. The highest BCUT2D eigenvalue weighted by molar-refractivity contribution is 5.72. The Morgan fingerprint density at radius 3 is 1.49 bits per heavy atom. The quantitative estimate of drug-likeness (QED) is 0.274. The molecule has 2 heterocycles. The molecule has 41 heavy (non-hydrogen) atoms. The molecule has 1 aromatic carbocycles. The van der Waals surface area contributed by atoms with Crippen molar-refractivity contribution >= 4 is 17.6 Å². The summed E-state index contributed by atoms with van der Waals surface area (Å²) in [5.74, 6) is -0.0788. The van der Waals surface area contributed by atoms with E-state index < -0.39 is 11.2 Å². The van der Waals surface area contributed by atoms with E-state index in [1.807, 2.05) is 53.7 Å². The van der Waals surface area contributed by atoms with Gasteiger partial charge in [0, 0.05) is 77.6 Å². The first-order valence-corrected chi connectivity index (χ1v) is 14.7. The number of nitro groups is 1. The summed E-state index contributed by atoms with van der Waals surface area (Å²) in [6, 6.07) is 6.89. The smallest absolute Gasteiger partial charge is 0.320 e. The lowest BCUT2D eigenvalue weighted by Gasteiger charge is -2.39. The summed E-state index contributed by atoms with van der Waals surface area (Å²) in [6.45, 7) is 19.7. The van der Waals surface area contributed by atoms with E-state index >= 15 is 0 Å². The molecule has 0 radical (unpaired) electrons. The van der Waals surface area contributed by atoms with Crippen LogP contribution in [0.3, 0.4) is 0 Å². The molecule has 2 saturated heterocycles. The maximum atomic E-state index is 12.6. The molecule has 230 valence electrons. The van der Waals surface area contributed by atoms with Crippen LogP contribution in [0, 0.1) is 16.0 Å². The van der Waals surface area contributed by atoms with Gasteiger partial charge in [0.1, 0.15) is 11.2 Å². The van der Waals surface area contributed by atoms with E-state index in [4.69, 9.17) is 9.47 Å². The van der Waals surface area contributed by atoms with E-state index in [1.54, 1.807) is 12.1 Å². The minimum atomic E-state index is -0.518. The zero-order valence-electron chi connectivity index (χ0n) is 25.8. The number of nitrogens with zero attached hydrogens (tertiary/aromatic N) is 5. The van der Waals surface area contributed by atoms with Gasteiger partial charge in [-0.1, -0.05) is 12.1 Å². The molecule has 0 amide bonds. The van der Waals surface area contributed by atoms with Crippen molar-refractivity contribution in [2.75, 3.05) is 78.5 Å². The number of hydrogen-bond donors (Lipinski definition) is 0. The number of nitro benzene ring substituents is 1. The van der Waals surface area contributed by atoms with Gasteiger partial charge in [0.25, 0.3) is 5.69 Å². The van der Waals surface area contributed by atoms with Gasteiger partial charge in [0.2, 0.25) is 0 Å². The first-order valence-electron chi connectivity index (χ1n) is 14.7. The summed E-state index contributed by atoms with van der Waals surface area (Å²) >= 11 is 0. The van der Waals surface area contributed by atoms with Crippen molar-refractivity contribution < 1.29 is 24.0 Å². The molecular weight excluding hydrogens is 526 g/mol. The first kappa shape index (κ1) is 32.9. The highest BCUT2D eigenvalue weighted by Crippen LogP contribution is 2.19. The van der Waals surface area contributed by atoms with Gasteiger partial charge in [0.15, 0.2) is 0 Å². The van der Waals surface area contributed by atoms with Gasteiger partial charge in [-0.2, -0.15) is 0 Å². The maximum absolute atomic E-state index is 12.6. The lowest BCUT2D eigenvalue weighted by Crippen LogP contribution is -2.52. The first-order chi connectivity index (χ1) is 19.1.